The third-order valence-corrected chi connectivity index (χ3v) is 2.99. The molecule has 0 aromatic heterocycles. The van der Waals surface area contributed by atoms with Gasteiger partial charge in [-0.3, -0.25) is 4.79 Å². The van der Waals surface area contributed by atoms with Gasteiger partial charge in [0.25, 0.3) is 0 Å². The van der Waals surface area contributed by atoms with Crippen molar-refractivity contribution >= 4 is 12.0 Å². The topological polar surface area (TPSA) is 69.6 Å². The van der Waals surface area contributed by atoms with Crippen molar-refractivity contribution < 1.29 is 14.7 Å². The highest BCUT2D eigenvalue weighted by atomic mass is 16.4. The highest BCUT2D eigenvalue weighted by molar-refractivity contribution is 5.81. The van der Waals surface area contributed by atoms with Gasteiger partial charge in [-0.05, 0) is 33.1 Å². The molecule has 0 aromatic rings. The molecule has 2 amide bonds. The maximum absolute atomic E-state index is 12.1. The van der Waals surface area contributed by atoms with Crippen LogP contribution in [0, 0.1) is 5.41 Å². The summed E-state index contributed by atoms with van der Waals surface area (Å²) in [6, 6.07) is -0.379. The van der Waals surface area contributed by atoms with Crippen LogP contribution in [0.15, 0.2) is 0 Å². The van der Waals surface area contributed by atoms with Crippen molar-refractivity contribution in [1.82, 2.24) is 10.2 Å². The number of hydrogen-bond acceptors (Lipinski definition) is 2. The number of amides is 2. The molecule has 0 bridgehead atoms. The molecule has 0 aliphatic rings. The van der Waals surface area contributed by atoms with Crippen LogP contribution >= 0.6 is 0 Å². The first-order valence-corrected chi connectivity index (χ1v) is 6.15. The number of rotatable bonds is 3. The standard InChI is InChI=1S/C13H26N2O3/c1-9(12(2,3)4)14-11(18)15(8-10(16)17)13(5,6)7/h9H,8H2,1-7H3,(H,14,18)(H,16,17). The van der Waals surface area contributed by atoms with Crippen LogP contribution in [0.4, 0.5) is 4.79 Å². The molecule has 0 saturated heterocycles. The average molecular weight is 258 g/mol. The fraction of sp³-hybridized carbons (Fsp3) is 0.846. The fourth-order valence-electron chi connectivity index (χ4n) is 1.23. The highest BCUT2D eigenvalue weighted by Gasteiger charge is 2.31. The smallest absolute Gasteiger partial charge is 0.323 e. The molecule has 0 aliphatic heterocycles. The van der Waals surface area contributed by atoms with E-state index in [-0.39, 0.29) is 24.0 Å². The van der Waals surface area contributed by atoms with E-state index in [0.717, 1.165) is 0 Å². The first-order chi connectivity index (χ1) is 7.85. The summed E-state index contributed by atoms with van der Waals surface area (Å²) in [5.41, 5.74) is -0.595. The zero-order valence-corrected chi connectivity index (χ0v) is 12.5. The number of carboxylic acids is 1. The number of carboxylic acid groups (broad SMARTS) is 1. The van der Waals surface area contributed by atoms with Gasteiger partial charge in [0.2, 0.25) is 0 Å². The number of aliphatic carboxylic acids is 1. The summed E-state index contributed by atoms with van der Waals surface area (Å²) < 4.78 is 0. The Bertz CT molecular complexity index is 313. The van der Waals surface area contributed by atoms with Gasteiger partial charge in [0.05, 0.1) is 0 Å². The summed E-state index contributed by atoms with van der Waals surface area (Å²) in [4.78, 5) is 24.3. The monoisotopic (exact) mass is 258 g/mol. The van der Waals surface area contributed by atoms with Gasteiger partial charge in [-0.2, -0.15) is 0 Å². The summed E-state index contributed by atoms with van der Waals surface area (Å²) in [7, 11) is 0. The van der Waals surface area contributed by atoms with E-state index in [0.29, 0.717) is 0 Å². The van der Waals surface area contributed by atoms with Gasteiger partial charge in [-0.25, -0.2) is 4.79 Å². The number of hydrogen-bond donors (Lipinski definition) is 2. The van der Waals surface area contributed by atoms with Crippen molar-refractivity contribution in [3.63, 3.8) is 0 Å². The van der Waals surface area contributed by atoms with E-state index in [1.54, 1.807) is 0 Å². The first-order valence-electron chi connectivity index (χ1n) is 6.15. The molecule has 1 atom stereocenters. The van der Waals surface area contributed by atoms with Crippen molar-refractivity contribution in [1.29, 1.82) is 0 Å². The van der Waals surface area contributed by atoms with E-state index in [4.69, 9.17) is 5.11 Å². The van der Waals surface area contributed by atoms with Crippen molar-refractivity contribution in [3.05, 3.63) is 0 Å². The molecule has 0 radical (unpaired) electrons. The first kappa shape index (κ1) is 16.7. The molecule has 18 heavy (non-hydrogen) atoms. The van der Waals surface area contributed by atoms with Crippen LogP contribution in [-0.4, -0.2) is 40.1 Å². The van der Waals surface area contributed by atoms with Gasteiger partial charge in [0, 0.05) is 11.6 Å². The Balaban J connectivity index is 4.84. The molecule has 5 heteroatoms. The van der Waals surface area contributed by atoms with Gasteiger partial charge >= 0.3 is 12.0 Å². The Morgan fingerprint density at radius 1 is 1.17 bits per heavy atom. The van der Waals surface area contributed by atoms with Gasteiger partial charge < -0.3 is 15.3 Å². The molecule has 0 fully saturated rings. The van der Waals surface area contributed by atoms with Crippen LogP contribution in [0.5, 0.6) is 0 Å². The molecule has 2 N–H and O–H groups in total. The highest BCUT2D eigenvalue weighted by Crippen LogP contribution is 2.20. The van der Waals surface area contributed by atoms with E-state index in [2.05, 4.69) is 5.32 Å². The lowest BCUT2D eigenvalue weighted by atomic mass is 9.88. The molecular weight excluding hydrogens is 232 g/mol. The number of nitrogens with zero attached hydrogens (tertiary/aromatic N) is 1. The largest absolute Gasteiger partial charge is 0.480 e. The molecule has 0 spiro atoms. The van der Waals surface area contributed by atoms with Crippen LogP contribution < -0.4 is 5.32 Å². The number of urea groups is 1. The molecule has 0 saturated carbocycles. The summed E-state index contributed by atoms with van der Waals surface area (Å²) >= 11 is 0. The molecule has 0 aliphatic carbocycles. The predicted molar refractivity (Wildman–Crippen MR) is 71.5 cm³/mol. The Kier molecular flexibility index (Phi) is 5.20. The lowest BCUT2D eigenvalue weighted by Crippen LogP contribution is -2.55. The van der Waals surface area contributed by atoms with Crippen molar-refractivity contribution in [3.8, 4) is 0 Å². The molecule has 0 rings (SSSR count). The molecule has 5 nitrogen and oxygen atoms in total. The maximum Gasteiger partial charge on any atom is 0.323 e. The Hall–Kier alpha value is -1.26. The predicted octanol–water partition coefficient (Wildman–Crippen LogP) is 2.32. The van der Waals surface area contributed by atoms with Crippen LogP contribution in [-0.2, 0) is 4.79 Å². The zero-order valence-electron chi connectivity index (χ0n) is 12.5. The van der Waals surface area contributed by atoms with E-state index in [1.165, 1.54) is 4.90 Å². The quantitative estimate of drug-likeness (QED) is 0.816. The van der Waals surface area contributed by atoms with Crippen LogP contribution in [0.1, 0.15) is 48.5 Å². The Morgan fingerprint density at radius 3 is 1.89 bits per heavy atom. The third kappa shape index (κ3) is 5.38. The second-order valence-corrected chi connectivity index (χ2v) is 6.69. The number of carbonyl (C=O) groups excluding carboxylic acids is 1. The third-order valence-electron chi connectivity index (χ3n) is 2.99. The van der Waals surface area contributed by atoms with Crippen LogP contribution in [0.2, 0.25) is 0 Å². The molecule has 1 unspecified atom stereocenters. The van der Waals surface area contributed by atoms with Crippen LogP contribution in [0.3, 0.4) is 0 Å². The SMILES string of the molecule is CC(NC(=O)N(CC(=O)O)C(C)(C)C)C(C)(C)C. The second-order valence-electron chi connectivity index (χ2n) is 6.69. The van der Waals surface area contributed by atoms with Gasteiger partial charge in [-0.15, -0.1) is 0 Å². The minimum atomic E-state index is -1.01. The van der Waals surface area contributed by atoms with Gasteiger partial charge in [0.1, 0.15) is 6.54 Å². The van der Waals surface area contributed by atoms with E-state index >= 15 is 0 Å². The lowest BCUT2D eigenvalue weighted by molar-refractivity contribution is -0.138. The minimum Gasteiger partial charge on any atom is -0.480 e. The molecular formula is C13H26N2O3. The van der Waals surface area contributed by atoms with Crippen molar-refractivity contribution in [2.24, 2.45) is 5.41 Å². The summed E-state index contributed by atoms with van der Waals surface area (Å²) in [5, 5.41) is 11.7. The summed E-state index contributed by atoms with van der Waals surface area (Å²) in [6.45, 7) is 13.1. The summed E-state index contributed by atoms with van der Waals surface area (Å²) in [6.07, 6.45) is 0. The van der Waals surface area contributed by atoms with Crippen molar-refractivity contribution in [2.45, 2.75) is 60.0 Å². The van der Waals surface area contributed by atoms with E-state index in [1.807, 2.05) is 48.5 Å². The Morgan fingerprint density at radius 2 is 1.61 bits per heavy atom. The van der Waals surface area contributed by atoms with Crippen molar-refractivity contribution in [2.75, 3.05) is 6.54 Å². The van der Waals surface area contributed by atoms with E-state index < -0.39 is 11.5 Å². The van der Waals surface area contributed by atoms with Gasteiger partial charge in [0.15, 0.2) is 0 Å². The van der Waals surface area contributed by atoms with Crippen LogP contribution in [0.25, 0.3) is 0 Å². The molecule has 0 aromatic carbocycles. The normalized spacial score (nSPS) is 13.9. The van der Waals surface area contributed by atoms with Gasteiger partial charge in [-0.1, -0.05) is 20.8 Å². The second kappa shape index (κ2) is 5.59. The lowest BCUT2D eigenvalue weighted by Gasteiger charge is -2.37. The molecule has 106 valence electrons. The summed E-state index contributed by atoms with van der Waals surface area (Å²) in [5.74, 6) is -1.01. The Labute approximate surface area is 110 Å². The maximum atomic E-state index is 12.1. The minimum absolute atomic E-state index is 0.0383. The van der Waals surface area contributed by atoms with E-state index in [9.17, 15) is 9.59 Å². The average Bonchev–Trinajstić information content (AvgIpc) is 2.10. The number of carbonyl (C=O) groups is 2. The molecule has 0 heterocycles. The zero-order chi connectivity index (χ0) is 14.7. The number of nitrogens with one attached hydrogen (secondary N) is 1. The fourth-order valence-corrected chi connectivity index (χ4v) is 1.23.